The topological polar surface area (TPSA) is 8.17 Å². The first-order valence-electron chi connectivity index (χ1n) is 6.52. The molecule has 2 nitrogen and oxygen atoms in total. The van der Waals surface area contributed by atoms with E-state index in [0.29, 0.717) is 11.6 Å². The van der Waals surface area contributed by atoms with Crippen molar-refractivity contribution in [2.24, 2.45) is 13.0 Å². The second kappa shape index (κ2) is 3.28. The molecule has 0 spiro atoms. The third-order valence-corrected chi connectivity index (χ3v) is 4.94. The third-order valence-electron chi connectivity index (χ3n) is 4.94. The number of aryl methyl sites for hydroxylation is 1. The minimum Gasteiger partial charge on any atom is -0.350 e. The minimum absolute atomic E-state index is 0.403. The molecule has 0 N–H and O–H groups in total. The highest BCUT2D eigenvalue weighted by Crippen LogP contribution is 2.48. The molecule has 0 radical (unpaired) electrons. The molecule has 2 heteroatoms. The highest BCUT2D eigenvalue weighted by molar-refractivity contribution is 5.47. The van der Waals surface area contributed by atoms with Crippen molar-refractivity contribution in [3.8, 4) is 0 Å². The lowest BCUT2D eigenvalue weighted by Crippen LogP contribution is -2.61. The third kappa shape index (κ3) is 1.25. The predicted molar refractivity (Wildman–Crippen MR) is 67.7 cm³/mol. The monoisotopic (exact) mass is 218 g/mol. The first kappa shape index (κ1) is 10.2. The van der Waals surface area contributed by atoms with Gasteiger partial charge in [0.1, 0.15) is 5.82 Å². The van der Waals surface area contributed by atoms with Crippen LogP contribution in [0.1, 0.15) is 39.5 Å². The van der Waals surface area contributed by atoms with E-state index in [1.54, 1.807) is 0 Å². The molecule has 88 valence electrons. The lowest BCUT2D eigenvalue weighted by atomic mass is 9.68. The van der Waals surface area contributed by atoms with Crippen LogP contribution in [0.3, 0.4) is 0 Å². The molecule has 1 aromatic heterocycles. The zero-order valence-electron chi connectivity index (χ0n) is 10.6. The molecule has 2 saturated heterocycles. The van der Waals surface area contributed by atoms with E-state index in [-0.39, 0.29) is 0 Å². The molecule has 3 aliphatic rings. The number of fused-ring (bicyclic) bond motifs is 3. The first-order chi connectivity index (χ1) is 7.62. The summed E-state index contributed by atoms with van der Waals surface area (Å²) in [7, 11) is 2.16. The van der Waals surface area contributed by atoms with Crippen molar-refractivity contribution in [1.29, 1.82) is 0 Å². The fourth-order valence-corrected chi connectivity index (χ4v) is 3.88. The summed E-state index contributed by atoms with van der Waals surface area (Å²) in [6, 6.07) is 5.14. The molecule has 1 saturated carbocycles. The number of nitrogens with zero attached hydrogens (tertiary/aromatic N) is 2. The zero-order valence-corrected chi connectivity index (χ0v) is 10.6. The van der Waals surface area contributed by atoms with Crippen molar-refractivity contribution in [3.63, 3.8) is 0 Å². The van der Waals surface area contributed by atoms with Crippen LogP contribution < -0.4 is 4.90 Å². The molecule has 0 aromatic carbocycles. The molecule has 3 heterocycles. The van der Waals surface area contributed by atoms with Crippen LogP contribution in [0.15, 0.2) is 18.3 Å². The van der Waals surface area contributed by atoms with Crippen LogP contribution in [-0.4, -0.2) is 16.1 Å². The van der Waals surface area contributed by atoms with Gasteiger partial charge in [0.05, 0.1) is 0 Å². The molecule has 0 amide bonds. The summed E-state index contributed by atoms with van der Waals surface area (Å²) in [5, 5.41) is 0. The maximum atomic E-state index is 2.69. The van der Waals surface area contributed by atoms with Gasteiger partial charge < -0.3 is 9.47 Å². The van der Waals surface area contributed by atoms with E-state index in [0.717, 1.165) is 5.92 Å². The van der Waals surface area contributed by atoms with Gasteiger partial charge in [-0.1, -0.05) is 0 Å². The maximum Gasteiger partial charge on any atom is 0.108 e. The van der Waals surface area contributed by atoms with Crippen molar-refractivity contribution in [1.82, 2.24) is 4.57 Å². The van der Waals surface area contributed by atoms with E-state index in [2.05, 4.69) is 48.7 Å². The Morgan fingerprint density at radius 3 is 2.50 bits per heavy atom. The van der Waals surface area contributed by atoms with Gasteiger partial charge in [-0.2, -0.15) is 0 Å². The summed E-state index contributed by atoms with van der Waals surface area (Å²) in [6.07, 6.45) is 7.76. The number of piperidine rings is 2. The van der Waals surface area contributed by atoms with E-state index in [9.17, 15) is 0 Å². The van der Waals surface area contributed by atoms with Crippen molar-refractivity contribution in [2.75, 3.05) is 4.90 Å². The number of rotatable bonds is 1. The average molecular weight is 218 g/mol. The normalized spacial score (nSPS) is 38.1. The smallest absolute Gasteiger partial charge is 0.108 e. The van der Waals surface area contributed by atoms with E-state index in [4.69, 9.17) is 0 Å². The van der Waals surface area contributed by atoms with Crippen LogP contribution in [-0.2, 0) is 7.05 Å². The van der Waals surface area contributed by atoms with Crippen LogP contribution >= 0.6 is 0 Å². The van der Waals surface area contributed by atoms with Gasteiger partial charge >= 0.3 is 0 Å². The lowest BCUT2D eigenvalue weighted by molar-refractivity contribution is 0.132. The van der Waals surface area contributed by atoms with E-state index < -0.39 is 0 Å². The largest absolute Gasteiger partial charge is 0.350 e. The SMILES string of the molecule is CC1C2CCC(C)(CC2)N1c1cccn1C. The summed E-state index contributed by atoms with van der Waals surface area (Å²) in [5.74, 6) is 2.32. The maximum absolute atomic E-state index is 2.69. The quantitative estimate of drug-likeness (QED) is 0.703. The van der Waals surface area contributed by atoms with Gasteiger partial charge in [0.2, 0.25) is 0 Å². The molecule has 4 rings (SSSR count). The highest BCUT2D eigenvalue weighted by atomic mass is 15.3. The highest BCUT2D eigenvalue weighted by Gasteiger charge is 2.47. The number of aromatic nitrogens is 1. The van der Waals surface area contributed by atoms with Gasteiger partial charge in [0.25, 0.3) is 0 Å². The number of anilines is 1. The summed E-state index contributed by atoms with van der Waals surface area (Å²) >= 11 is 0. The predicted octanol–water partition coefficient (Wildman–Crippen LogP) is 3.18. The summed E-state index contributed by atoms with van der Waals surface area (Å²) in [6.45, 7) is 4.86. The Kier molecular flexibility index (Phi) is 2.10. The minimum atomic E-state index is 0.403. The van der Waals surface area contributed by atoms with Crippen LogP contribution in [0.2, 0.25) is 0 Å². The van der Waals surface area contributed by atoms with Gasteiger partial charge in [-0.3, -0.25) is 0 Å². The molecule has 1 aliphatic carbocycles. The molecule has 1 atom stereocenters. The van der Waals surface area contributed by atoms with Gasteiger partial charge in [-0.25, -0.2) is 0 Å². The van der Waals surface area contributed by atoms with Gasteiger partial charge in [-0.15, -0.1) is 0 Å². The average Bonchev–Trinajstić information content (AvgIpc) is 2.65. The summed E-state index contributed by atoms with van der Waals surface area (Å²) < 4.78 is 2.27. The van der Waals surface area contributed by atoms with Crippen LogP contribution in [0, 0.1) is 5.92 Å². The molecular weight excluding hydrogens is 196 g/mol. The second-order valence-corrected chi connectivity index (χ2v) is 5.92. The Morgan fingerprint density at radius 1 is 1.31 bits per heavy atom. The zero-order chi connectivity index (χ0) is 11.3. The van der Waals surface area contributed by atoms with Crippen LogP contribution in [0.25, 0.3) is 0 Å². The Labute approximate surface area is 98.2 Å². The van der Waals surface area contributed by atoms with E-state index in [1.807, 2.05) is 0 Å². The van der Waals surface area contributed by atoms with E-state index in [1.165, 1.54) is 31.5 Å². The fraction of sp³-hybridized carbons (Fsp3) is 0.714. The Balaban J connectivity index is 2.03. The van der Waals surface area contributed by atoms with Gasteiger partial charge in [0, 0.05) is 24.8 Å². The van der Waals surface area contributed by atoms with Crippen LogP contribution in [0.5, 0.6) is 0 Å². The number of hydrogen-bond acceptors (Lipinski definition) is 1. The second-order valence-electron chi connectivity index (χ2n) is 5.92. The Bertz CT molecular complexity index is 385. The molecule has 1 unspecified atom stereocenters. The molecule has 1 aromatic rings. The van der Waals surface area contributed by atoms with Gasteiger partial charge in [0.15, 0.2) is 0 Å². The Morgan fingerprint density at radius 2 is 2.00 bits per heavy atom. The fourth-order valence-electron chi connectivity index (χ4n) is 3.88. The molecule has 2 bridgehead atoms. The van der Waals surface area contributed by atoms with Crippen LogP contribution in [0.4, 0.5) is 5.82 Å². The van der Waals surface area contributed by atoms with Crippen molar-refractivity contribution < 1.29 is 0 Å². The van der Waals surface area contributed by atoms with Gasteiger partial charge in [-0.05, 0) is 57.6 Å². The van der Waals surface area contributed by atoms with Crippen molar-refractivity contribution >= 4 is 5.82 Å². The summed E-state index contributed by atoms with van der Waals surface area (Å²) in [5.41, 5.74) is 0.403. The molecule has 2 aliphatic heterocycles. The van der Waals surface area contributed by atoms with Crippen molar-refractivity contribution in [3.05, 3.63) is 18.3 Å². The lowest BCUT2D eigenvalue weighted by Gasteiger charge is -2.58. The first-order valence-corrected chi connectivity index (χ1v) is 6.52. The summed E-state index contributed by atoms with van der Waals surface area (Å²) in [4.78, 5) is 2.69. The van der Waals surface area contributed by atoms with Crippen molar-refractivity contribution in [2.45, 2.75) is 51.1 Å². The molecule has 3 fully saturated rings. The molecule has 16 heavy (non-hydrogen) atoms. The molecular formula is C14H22N2. The Hall–Kier alpha value is -0.920. The van der Waals surface area contributed by atoms with E-state index >= 15 is 0 Å². The standard InChI is InChI=1S/C14H22N2/c1-11-12-6-8-14(2,9-7-12)16(11)13-5-4-10-15(13)3/h4-5,10-12H,6-9H2,1-3H3. The number of hydrogen-bond donors (Lipinski definition) is 0.